The molecule has 0 saturated carbocycles. The predicted octanol–water partition coefficient (Wildman–Crippen LogP) is 24.1. The van der Waals surface area contributed by atoms with Gasteiger partial charge in [0, 0.05) is 12.3 Å². The summed E-state index contributed by atoms with van der Waals surface area (Å²) in [6.07, 6.45) is 4.48. The normalized spacial score (nSPS) is 4.96. The van der Waals surface area contributed by atoms with Gasteiger partial charge in [0.25, 0.3) is 0 Å². The largest absolute Gasteiger partial charge is 0.299 e. The summed E-state index contributed by atoms with van der Waals surface area (Å²) < 4.78 is 0. The van der Waals surface area contributed by atoms with Crippen LogP contribution in [0, 0.1) is 23.7 Å². The van der Waals surface area contributed by atoms with Crippen LogP contribution in [-0.4, -0.2) is 5.78 Å². The summed E-state index contributed by atoms with van der Waals surface area (Å²) in [5.41, 5.74) is 0. The highest BCUT2D eigenvalue weighted by molar-refractivity contribution is 5.79. The maximum absolute atomic E-state index is 10.5. The quantitative estimate of drug-likeness (QED) is 0.281. The standard InChI is InChI=1S/C6H12O.C5H12.2C4H10.2C3H8.4C2H6.16CH4/c1-4-6(7)5(2)3;1-4-5(2)3;2*1-4(2)3;2*1-3-2;4*1-2;;;;;;;;;;;;;;;;/h5H,4H2,1-3H3;5H,4H2,1-3H3;2*4H,1-3H3;2*3H2,1-2H3;4*1-2H3;16*1H4. The van der Waals surface area contributed by atoms with Crippen molar-refractivity contribution in [2.75, 3.05) is 0 Å². The van der Waals surface area contributed by atoms with Crippen LogP contribution in [0.25, 0.3) is 0 Å². The van der Waals surface area contributed by atoms with E-state index in [9.17, 15) is 4.79 Å². The van der Waals surface area contributed by atoms with Crippen molar-refractivity contribution >= 4 is 5.78 Å². The third-order valence-corrected chi connectivity index (χ3v) is 1.81. The van der Waals surface area contributed by atoms with Crippen LogP contribution in [0.5, 0.6) is 0 Å². The summed E-state index contributed by atoms with van der Waals surface area (Å²) in [6, 6.07) is 0. The van der Waals surface area contributed by atoms with Crippen LogP contribution >= 0.6 is 0 Å². The Morgan fingerprint density at radius 1 is 0.340 bits per heavy atom. The van der Waals surface area contributed by atoms with Gasteiger partial charge in [0.15, 0.2) is 0 Å². The second kappa shape index (κ2) is 317. The molecule has 0 saturated heterocycles. The van der Waals surface area contributed by atoms with Gasteiger partial charge in [-0.1, -0.05) is 304 Å². The molecule has 0 spiro atoms. The fraction of sp³-hybridized carbons (Fsp3) is 0.980. The number of carbonyl (C=O) groups excluding carboxylic acids is 1. The van der Waals surface area contributed by atoms with Crippen LogP contribution in [0.2, 0.25) is 0 Å². The average Bonchev–Trinajstić information content (AvgIpc) is 2.79. The lowest BCUT2D eigenvalue weighted by molar-refractivity contribution is -0.121. The van der Waals surface area contributed by atoms with Gasteiger partial charge >= 0.3 is 0 Å². The summed E-state index contributed by atoms with van der Waals surface area (Å²) in [4.78, 5) is 10.5. The van der Waals surface area contributed by atoms with Crippen LogP contribution in [0.1, 0.15) is 311 Å². The Bertz CT molecular complexity index is 178. The second-order valence-corrected chi connectivity index (χ2v) is 8.65. The molecule has 50 heavy (non-hydrogen) atoms. The SMILES string of the molecule is C.C.C.C.C.C.C.C.C.C.C.C.C.C.C.C.CC.CC.CC.CC.CC(C)C.CC(C)C.CCC.CCC.CCC(=O)C(C)C.CCC(C)C. The maximum atomic E-state index is 10.5. The van der Waals surface area contributed by atoms with E-state index < -0.39 is 0 Å². The molecule has 0 atom stereocenters. The lowest BCUT2D eigenvalue weighted by Crippen LogP contribution is -2.03. The fourth-order valence-electron chi connectivity index (χ4n) is 0.408. The topological polar surface area (TPSA) is 17.1 Å². The molecule has 0 amide bonds. The van der Waals surface area contributed by atoms with Crippen molar-refractivity contribution in [2.24, 2.45) is 23.7 Å². The van der Waals surface area contributed by atoms with Crippen molar-refractivity contribution in [3.8, 4) is 0 Å². The van der Waals surface area contributed by atoms with E-state index in [2.05, 4.69) is 90.0 Å². The average molecular weight is 754 g/mol. The van der Waals surface area contributed by atoms with Gasteiger partial charge in [-0.15, -0.1) is 0 Å². The zero-order valence-electron chi connectivity index (χ0n) is 30.0. The highest BCUT2D eigenvalue weighted by Gasteiger charge is 2.00. The molecule has 0 bridgehead atoms. The van der Waals surface area contributed by atoms with Crippen molar-refractivity contribution in [3.05, 3.63) is 0 Å². The number of carbonyl (C=O) groups is 1. The molecule has 0 aliphatic heterocycles. The van der Waals surface area contributed by atoms with E-state index in [1.807, 2.05) is 76.2 Å². The van der Waals surface area contributed by atoms with Crippen molar-refractivity contribution in [3.63, 3.8) is 0 Å². The Morgan fingerprint density at radius 3 is 0.420 bits per heavy atom. The van der Waals surface area contributed by atoms with E-state index >= 15 is 0 Å². The first-order valence-electron chi connectivity index (χ1n) is 15.3. The molecular formula is C49H148O. The molecule has 0 fully saturated rings. The molecule has 0 aliphatic carbocycles. The molecule has 0 aliphatic rings. The molecule has 0 aromatic rings. The third kappa shape index (κ3) is 1760. The minimum Gasteiger partial charge on any atom is -0.299 e. The van der Waals surface area contributed by atoms with Crippen LogP contribution in [0.15, 0.2) is 0 Å². The van der Waals surface area contributed by atoms with E-state index in [1.165, 1.54) is 19.3 Å². The Balaban J connectivity index is -0.00000000527. The minimum atomic E-state index is 0. The number of ketones is 1. The van der Waals surface area contributed by atoms with Crippen molar-refractivity contribution in [1.29, 1.82) is 0 Å². The molecular weight excluding hydrogens is 605 g/mol. The van der Waals surface area contributed by atoms with Gasteiger partial charge in [0.1, 0.15) is 5.78 Å². The molecule has 1 nitrogen and oxygen atoms in total. The summed E-state index contributed by atoms with van der Waals surface area (Å²) in [5, 5.41) is 0. The van der Waals surface area contributed by atoms with E-state index in [0.29, 0.717) is 12.2 Å². The highest BCUT2D eigenvalue weighted by atomic mass is 16.1. The molecule has 1 heteroatoms. The Morgan fingerprint density at radius 2 is 0.420 bits per heavy atom. The van der Waals surface area contributed by atoms with Gasteiger partial charge in [0.05, 0.1) is 0 Å². The lowest BCUT2D eigenvalue weighted by Gasteiger charge is -1.96. The Labute approximate surface area is 344 Å². The van der Waals surface area contributed by atoms with Crippen LogP contribution < -0.4 is 0 Å². The summed E-state index contributed by atoms with van der Waals surface area (Å²) in [7, 11) is 0. The Hall–Kier alpha value is -0.330. The summed E-state index contributed by atoms with van der Waals surface area (Å²) >= 11 is 0. The second-order valence-electron chi connectivity index (χ2n) is 8.65. The Kier molecular flexibility index (Phi) is 1330. The first kappa shape index (κ1) is 210. The molecule has 0 radical (unpaired) electrons. The maximum Gasteiger partial charge on any atom is 0.135 e. The summed E-state index contributed by atoms with van der Waals surface area (Å²) in [6.45, 7) is 49.9. The van der Waals surface area contributed by atoms with E-state index in [4.69, 9.17) is 0 Å². The molecule has 0 heterocycles. The van der Waals surface area contributed by atoms with Crippen molar-refractivity contribution in [2.45, 2.75) is 311 Å². The minimum absolute atomic E-state index is 0. The van der Waals surface area contributed by atoms with Crippen LogP contribution in [-0.2, 0) is 4.79 Å². The molecule has 350 valence electrons. The van der Waals surface area contributed by atoms with E-state index in [-0.39, 0.29) is 125 Å². The van der Waals surface area contributed by atoms with Gasteiger partial charge in [-0.05, 0) is 17.8 Å². The van der Waals surface area contributed by atoms with Crippen molar-refractivity contribution in [1.82, 2.24) is 0 Å². The predicted molar refractivity (Wildman–Crippen MR) is 281 cm³/mol. The molecule has 0 N–H and O–H groups in total. The molecule has 0 rings (SSSR count). The van der Waals surface area contributed by atoms with Crippen LogP contribution in [0.3, 0.4) is 0 Å². The third-order valence-electron chi connectivity index (χ3n) is 1.81. The van der Waals surface area contributed by atoms with Gasteiger partial charge in [-0.25, -0.2) is 0 Å². The van der Waals surface area contributed by atoms with Crippen molar-refractivity contribution < 1.29 is 4.79 Å². The lowest BCUT2D eigenvalue weighted by atomic mass is 10.1. The first-order valence-corrected chi connectivity index (χ1v) is 15.3. The van der Waals surface area contributed by atoms with Gasteiger partial charge in [0.2, 0.25) is 0 Å². The van der Waals surface area contributed by atoms with E-state index in [0.717, 1.165) is 17.8 Å². The van der Waals surface area contributed by atoms with E-state index in [1.54, 1.807) is 0 Å². The molecule has 0 aromatic carbocycles. The van der Waals surface area contributed by atoms with Gasteiger partial charge in [-0.3, -0.25) is 4.79 Å². The first-order chi connectivity index (χ1) is 15.7. The van der Waals surface area contributed by atoms with Gasteiger partial charge < -0.3 is 0 Å². The number of Topliss-reactive ketones (excluding diaryl/α,β-unsaturated/α-hetero) is 1. The number of hydrogen-bond acceptors (Lipinski definition) is 1. The molecule has 0 aromatic heterocycles. The fourth-order valence-corrected chi connectivity index (χ4v) is 0.408. The summed E-state index contributed by atoms with van der Waals surface area (Å²) in [5.74, 6) is 3.12. The monoisotopic (exact) mass is 753 g/mol. The zero-order chi connectivity index (χ0) is 30.7. The highest BCUT2D eigenvalue weighted by Crippen LogP contribution is 1.95. The van der Waals surface area contributed by atoms with Crippen LogP contribution in [0.4, 0.5) is 0 Å². The smallest absolute Gasteiger partial charge is 0.135 e. The molecule has 0 unspecified atom stereocenters. The number of rotatable bonds is 3. The zero-order valence-corrected chi connectivity index (χ0v) is 30.0. The van der Waals surface area contributed by atoms with Gasteiger partial charge in [-0.2, -0.15) is 0 Å². The number of hydrogen-bond donors (Lipinski definition) is 0.